The van der Waals surface area contributed by atoms with Gasteiger partial charge in [-0.2, -0.15) is 18.3 Å². The van der Waals surface area contributed by atoms with Crippen LogP contribution in [0.25, 0.3) is 33.4 Å². The Balaban J connectivity index is 1.71. The fourth-order valence-electron chi connectivity index (χ4n) is 4.52. The van der Waals surface area contributed by atoms with Crippen LogP contribution in [-0.4, -0.2) is 35.5 Å². The Kier molecular flexibility index (Phi) is 5.47. The van der Waals surface area contributed by atoms with Crippen molar-refractivity contribution in [2.24, 2.45) is 7.05 Å². The highest BCUT2D eigenvalue weighted by molar-refractivity contribution is 5.93. The van der Waals surface area contributed by atoms with Crippen LogP contribution in [0.4, 0.5) is 13.2 Å². The number of hydrogen-bond donors (Lipinski definition) is 1. The van der Waals surface area contributed by atoms with Gasteiger partial charge in [0.1, 0.15) is 11.2 Å². The summed E-state index contributed by atoms with van der Waals surface area (Å²) >= 11 is 0. The third kappa shape index (κ3) is 3.98. The zero-order chi connectivity index (χ0) is 24.0. The molecule has 2 atom stereocenters. The predicted molar refractivity (Wildman–Crippen MR) is 120 cm³/mol. The molecule has 1 aromatic carbocycles. The van der Waals surface area contributed by atoms with E-state index in [1.165, 1.54) is 23.0 Å². The number of halogens is 3. The van der Waals surface area contributed by atoms with Gasteiger partial charge < -0.3 is 5.11 Å². The molecule has 176 valence electrons. The minimum Gasteiger partial charge on any atom is -0.391 e. The molecule has 0 saturated heterocycles. The SMILES string of the molecule is Cn1cc(-c2nc(-c3ccc(C(F)(F)F)cc3)cc3c(=O)n(C4CCCC[C@@H]4O)cnc23)cn1. The summed E-state index contributed by atoms with van der Waals surface area (Å²) < 4.78 is 42.1. The number of rotatable bonds is 3. The van der Waals surface area contributed by atoms with E-state index in [0.29, 0.717) is 40.9 Å². The number of aromatic nitrogens is 5. The summed E-state index contributed by atoms with van der Waals surface area (Å²) in [6.07, 6.45) is 2.77. The molecule has 0 amide bonds. The van der Waals surface area contributed by atoms with E-state index in [4.69, 9.17) is 0 Å². The minimum atomic E-state index is -4.45. The van der Waals surface area contributed by atoms with Crippen LogP contribution < -0.4 is 5.56 Å². The molecule has 0 spiro atoms. The van der Waals surface area contributed by atoms with E-state index >= 15 is 0 Å². The summed E-state index contributed by atoms with van der Waals surface area (Å²) in [6.45, 7) is 0. The first-order valence-electron chi connectivity index (χ1n) is 11.0. The van der Waals surface area contributed by atoms with E-state index < -0.39 is 17.8 Å². The maximum absolute atomic E-state index is 13.5. The first-order chi connectivity index (χ1) is 16.2. The van der Waals surface area contributed by atoms with Gasteiger partial charge in [-0.15, -0.1) is 0 Å². The lowest BCUT2D eigenvalue weighted by Gasteiger charge is -2.29. The van der Waals surface area contributed by atoms with Gasteiger partial charge in [0.05, 0.1) is 41.3 Å². The van der Waals surface area contributed by atoms with E-state index in [2.05, 4.69) is 15.1 Å². The maximum Gasteiger partial charge on any atom is 0.416 e. The van der Waals surface area contributed by atoms with Crippen molar-refractivity contribution in [3.05, 3.63) is 65.0 Å². The molecule has 0 radical (unpaired) electrons. The van der Waals surface area contributed by atoms with Crippen molar-refractivity contribution in [2.75, 3.05) is 0 Å². The van der Waals surface area contributed by atoms with Crippen molar-refractivity contribution in [1.29, 1.82) is 0 Å². The molecule has 10 heteroatoms. The standard InChI is InChI=1S/C24H22F3N5O2/c1-31-12-15(11-29-31)21-22-17(23(34)32(13-28-22)19-4-2-3-5-20(19)33)10-18(30-21)14-6-8-16(9-7-14)24(25,26)27/h6-13,19-20,33H,2-5H2,1H3/t19?,20-/m0/s1. The monoisotopic (exact) mass is 469 g/mol. The van der Waals surface area contributed by atoms with Crippen LogP contribution in [0.5, 0.6) is 0 Å². The van der Waals surface area contributed by atoms with Gasteiger partial charge in [0.2, 0.25) is 0 Å². The van der Waals surface area contributed by atoms with Crippen LogP contribution in [0.2, 0.25) is 0 Å². The highest BCUT2D eigenvalue weighted by atomic mass is 19.4. The van der Waals surface area contributed by atoms with E-state index in [0.717, 1.165) is 25.0 Å². The van der Waals surface area contributed by atoms with Crippen molar-refractivity contribution < 1.29 is 18.3 Å². The molecule has 3 heterocycles. The van der Waals surface area contributed by atoms with Crippen LogP contribution in [0, 0.1) is 0 Å². The number of aryl methyl sites for hydroxylation is 1. The van der Waals surface area contributed by atoms with Gasteiger partial charge in [0.25, 0.3) is 5.56 Å². The van der Waals surface area contributed by atoms with Crippen molar-refractivity contribution in [3.8, 4) is 22.5 Å². The lowest BCUT2D eigenvalue weighted by Crippen LogP contribution is -2.34. The first-order valence-corrected chi connectivity index (χ1v) is 11.0. The molecule has 5 rings (SSSR count). The van der Waals surface area contributed by atoms with Gasteiger partial charge in [-0.25, -0.2) is 9.97 Å². The van der Waals surface area contributed by atoms with Gasteiger partial charge in [-0.3, -0.25) is 14.0 Å². The number of pyridine rings is 1. The molecule has 1 saturated carbocycles. The molecule has 0 aliphatic heterocycles. The van der Waals surface area contributed by atoms with Crippen molar-refractivity contribution in [1.82, 2.24) is 24.3 Å². The maximum atomic E-state index is 13.5. The fraction of sp³-hybridized carbons (Fsp3) is 0.333. The smallest absolute Gasteiger partial charge is 0.391 e. The fourth-order valence-corrected chi connectivity index (χ4v) is 4.52. The third-order valence-electron chi connectivity index (χ3n) is 6.31. The zero-order valence-electron chi connectivity index (χ0n) is 18.3. The molecule has 3 aromatic heterocycles. The second-order valence-corrected chi connectivity index (χ2v) is 8.61. The van der Waals surface area contributed by atoms with Crippen LogP contribution in [0.3, 0.4) is 0 Å². The van der Waals surface area contributed by atoms with E-state index in [1.807, 2.05) is 0 Å². The largest absolute Gasteiger partial charge is 0.416 e. The van der Waals surface area contributed by atoms with Crippen molar-refractivity contribution in [2.45, 2.75) is 44.0 Å². The zero-order valence-corrected chi connectivity index (χ0v) is 18.3. The Morgan fingerprint density at radius 3 is 2.47 bits per heavy atom. The average molecular weight is 469 g/mol. The van der Waals surface area contributed by atoms with Gasteiger partial charge in [-0.1, -0.05) is 25.0 Å². The molecule has 1 unspecified atom stereocenters. The van der Waals surface area contributed by atoms with Gasteiger partial charge >= 0.3 is 6.18 Å². The first kappa shape index (κ1) is 22.3. The van der Waals surface area contributed by atoms with Gasteiger partial charge in [-0.05, 0) is 31.0 Å². The van der Waals surface area contributed by atoms with Crippen LogP contribution >= 0.6 is 0 Å². The predicted octanol–water partition coefficient (Wildman–Crippen LogP) is 4.35. The third-order valence-corrected chi connectivity index (χ3v) is 6.31. The van der Waals surface area contributed by atoms with E-state index in [-0.39, 0.29) is 17.0 Å². The van der Waals surface area contributed by atoms with Crippen molar-refractivity contribution in [3.63, 3.8) is 0 Å². The van der Waals surface area contributed by atoms with Crippen LogP contribution in [0.15, 0.2) is 53.8 Å². The van der Waals surface area contributed by atoms with E-state index in [1.54, 1.807) is 30.2 Å². The molecule has 1 N–H and O–H groups in total. The lowest BCUT2D eigenvalue weighted by molar-refractivity contribution is -0.137. The number of aliphatic hydroxyl groups is 1. The summed E-state index contributed by atoms with van der Waals surface area (Å²) in [5.74, 6) is 0. The lowest BCUT2D eigenvalue weighted by atomic mass is 9.92. The number of alkyl halides is 3. The summed E-state index contributed by atoms with van der Waals surface area (Å²) in [5, 5.41) is 14.9. The molecule has 1 fully saturated rings. The molecular weight excluding hydrogens is 447 g/mol. The van der Waals surface area contributed by atoms with Gasteiger partial charge in [0, 0.05) is 24.4 Å². The number of fused-ring (bicyclic) bond motifs is 1. The Labute approximate surface area is 192 Å². The molecule has 1 aliphatic rings. The second kappa shape index (κ2) is 8.35. The number of nitrogens with zero attached hydrogens (tertiary/aromatic N) is 5. The molecule has 4 aromatic rings. The summed E-state index contributed by atoms with van der Waals surface area (Å²) in [6, 6.07) is 5.84. The molecule has 7 nitrogen and oxygen atoms in total. The Morgan fingerprint density at radius 2 is 1.82 bits per heavy atom. The summed E-state index contributed by atoms with van der Waals surface area (Å²) in [5.41, 5.74) is 1.11. The van der Waals surface area contributed by atoms with Gasteiger partial charge in [0.15, 0.2) is 0 Å². The van der Waals surface area contributed by atoms with E-state index in [9.17, 15) is 23.1 Å². The topological polar surface area (TPSA) is 85.8 Å². The van der Waals surface area contributed by atoms with Crippen LogP contribution in [-0.2, 0) is 13.2 Å². The highest BCUT2D eigenvalue weighted by Crippen LogP contribution is 2.33. The Hall–Kier alpha value is -3.53. The normalized spacial score (nSPS) is 19.0. The summed E-state index contributed by atoms with van der Waals surface area (Å²) in [7, 11) is 1.75. The van der Waals surface area contributed by atoms with Crippen molar-refractivity contribution >= 4 is 10.9 Å². The van der Waals surface area contributed by atoms with Crippen LogP contribution in [0.1, 0.15) is 37.3 Å². The number of hydrogen-bond acceptors (Lipinski definition) is 5. The average Bonchev–Trinajstić information content (AvgIpc) is 3.25. The molecule has 34 heavy (non-hydrogen) atoms. The second-order valence-electron chi connectivity index (χ2n) is 8.61. The molecular formula is C24H22F3N5O2. The molecule has 0 bridgehead atoms. The highest BCUT2D eigenvalue weighted by Gasteiger charge is 2.30. The Bertz CT molecular complexity index is 1410. The minimum absolute atomic E-state index is 0.282. The Morgan fingerprint density at radius 1 is 1.09 bits per heavy atom. The summed E-state index contributed by atoms with van der Waals surface area (Å²) in [4.78, 5) is 22.7. The number of aliphatic hydroxyl groups excluding tert-OH is 1. The quantitative estimate of drug-likeness (QED) is 0.482. The molecule has 1 aliphatic carbocycles. The number of benzene rings is 1.